The van der Waals surface area contributed by atoms with Crippen molar-refractivity contribution in [2.24, 2.45) is 5.73 Å². The van der Waals surface area contributed by atoms with Gasteiger partial charge >= 0.3 is 0 Å². The molecule has 0 radical (unpaired) electrons. The van der Waals surface area contributed by atoms with E-state index >= 15 is 0 Å². The van der Waals surface area contributed by atoms with Crippen LogP contribution in [0.1, 0.15) is 19.0 Å². The van der Waals surface area contributed by atoms with Crippen molar-refractivity contribution >= 4 is 28.3 Å². The van der Waals surface area contributed by atoms with Crippen molar-refractivity contribution in [2.75, 3.05) is 18.0 Å². The number of hydrogen-bond donors (Lipinski definition) is 2. The smallest absolute Gasteiger partial charge is 0.142 e. The van der Waals surface area contributed by atoms with Crippen molar-refractivity contribution in [3.05, 3.63) is 59.6 Å². The van der Waals surface area contributed by atoms with Gasteiger partial charge in [0.2, 0.25) is 0 Å². The molecule has 3 aromatic heterocycles. The predicted octanol–water partition coefficient (Wildman–Crippen LogP) is 4.14. The van der Waals surface area contributed by atoms with E-state index in [0.717, 1.165) is 46.4 Å². The molecule has 7 nitrogen and oxygen atoms in total. The maximum absolute atomic E-state index is 9.32. The molecule has 1 aliphatic rings. The van der Waals surface area contributed by atoms with E-state index in [2.05, 4.69) is 32.8 Å². The molecule has 4 aromatic rings. The first kappa shape index (κ1) is 19.5. The minimum Gasteiger partial charge on any atom is -0.368 e. The number of anilines is 1. The summed E-state index contributed by atoms with van der Waals surface area (Å²) >= 11 is 6.36. The first-order valence-corrected chi connectivity index (χ1v) is 10.4. The average molecular weight is 430 g/mol. The van der Waals surface area contributed by atoms with Crippen LogP contribution < -0.4 is 10.6 Å². The van der Waals surface area contributed by atoms with Crippen molar-refractivity contribution in [3.63, 3.8) is 0 Å². The Morgan fingerprint density at radius 2 is 2.10 bits per heavy atom. The highest BCUT2D eigenvalue weighted by molar-refractivity contribution is 6.35. The van der Waals surface area contributed by atoms with Gasteiger partial charge in [0.15, 0.2) is 0 Å². The van der Waals surface area contributed by atoms with Crippen LogP contribution in [0.5, 0.6) is 0 Å². The van der Waals surface area contributed by atoms with Crippen LogP contribution in [0.25, 0.3) is 33.5 Å². The quantitative estimate of drug-likeness (QED) is 0.506. The van der Waals surface area contributed by atoms with Crippen LogP contribution in [0.2, 0.25) is 5.02 Å². The lowest BCUT2D eigenvalue weighted by Gasteiger charge is -2.26. The largest absolute Gasteiger partial charge is 0.368 e. The maximum Gasteiger partial charge on any atom is 0.142 e. The van der Waals surface area contributed by atoms with E-state index < -0.39 is 0 Å². The molecule has 0 bridgehead atoms. The maximum atomic E-state index is 9.32. The highest BCUT2D eigenvalue weighted by Gasteiger charge is 2.33. The first-order valence-electron chi connectivity index (χ1n) is 9.98. The molecule has 3 N–H and O–H groups in total. The molecule has 1 aliphatic heterocycles. The lowest BCUT2D eigenvalue weighted by molar-refractivity contribution is 0.525. The monoisotopic (exact) mass is 429 g/mol. The molecular weight excluding hydrogens is 410 g/mol. The first-order chi connectivity index (χ1) is 14.9. The highest BCUT2D eigenvalue weighted by atomic mass is 35.5. The van der Waals surface area contributed by atoms with Crippen LogP contribution in [0.4, 0.5) is 5.69 Å². The molecule has 31 heavy (non-hydrogen) atoms. The second-order valence-corrected chi connectivity index (χ2v) is 8.58. The number of hydrogen-bond acceptors (Lipinski definition) is 6. The van der Waals surface area contributed by atoms with Gasteiger partial charge in [-0.05, 0) is 43.2 Å². The molecule has 0 aliphatic carbocycles. The number of halogens is 1. The number of imidazole rings is 1. The van der Waals surface area contributed by atoms with Crippen LogP contribution in [-0.2, 0) is 0 Å². The van der Waals surface area contributed by atoms with Gasteiger partial charge in [-0.15, -0.1) is 0 Å². The standard InChI is InChI=1S/C23H20ClN7/c1-23(26)6-8-31(13-23)21-16(14-5-7-28-15(9-14)10-25)11-27-12-17(21)22-29-19-4-2-3-18(24)20(19)30-22/h2-5,7,9,11-12H,6,8,13,26H2,1H3,(H,29,30)/t23-/m0/s1. The summed E-state index contributed by atoms with van der Waals surface area (Å²) in [5.74, 6) is 0.688. The summed E-state index contributed by atoms with van der Waals surface area (Å²) in [6.07, 6.45) is 6.14. The second-order valence-electron chi connectivity index (χ2n) is 8.17. The topological polar surface area (TPSA) is 108 Å². The zero-order chi connectivity index (χ0) is 21.6. The molecule has 1 atom stereocenters. The summed E-state index contributed by atoms with van der Waals surface area (Å²) in [5, 5.41) is 9.91. The van der Waals surface area contributed by atoms with Crippen molar-refractivity contribution in [1.29, 1.82) is 5.26 Å². The van der Waals surface area contributed by atoms with E-state index in [9.17, 15) is 5.26 Å². The fraction of sp³-hybridized carbons (Fsp3) is 0.217. The Bertz CT molecular complexity index is 1340. The van der Waals surface area contributed by atoms with Crippen LogP contribution in [0, 0.1) is 11.3 Å². The summed E-state index contributed by atoms with van der Waals surface area (Å²) in [7, 11) is 0. The lowest BCUT2D eigenvalue weighted by Crippen LogP contribution is -2.39. The highest BCUT2D eigenvalue weighted by Crippen LogP contribution is 2.41. The fourth-order valence-corrected chi connectivity index (χ4v) is 4.36. The SMILES string of the molecule is C[C@]1(N)CCN(c2c(-c3ccnc(C#N)c3)cncc2-c2nc3c(Cl)cccc3[nH]2)C1. The van der Waals surface area contributed by atoms with Gasteiger partial charge in [0, 0.05) is 42.8 Å². The molecule has 8 heteroatoms. The van der Waals surface area contributed by atoms with E-state index in [-0.39, 0.29) is 5.54 Å². The third kappa shape index (κ3) is 3.50. The van der Waals surface area contributed by atoms with Crippen LogP contribution in [0.3, 0.4) is 0 Å². The molecule has 0 unspecified atom stereocenters. The lowest BCUT2D eigenvalue weighted by atomic mass is 10.0. The minimum atomic E-state index is -0.287. The zero-order valence-electron chi connectivity index (χ0n) is 16.9. The Balaban J connectivity index is 1.74. The molecule has 0 spiro atoms. The van der Waals surface area contributed by atoms with E-state index in [0.29, 0.717) is 23.1 Å². The molecule has 1 aromatic carbocycles. The van der Waals surface area contributed by atoms with Crippen LogP contribution >= 0.6 is 11.6 Å². The molecule has 4 heterocycles. The molecule has 0 saturated carbocycles. The molecule has 154 valence electrons. The second kappa shape index (κ2) is 7.34. The zero-order valence-corrected chi connectivity index (χ0v) is 17.7. The number of benzene rings is 1. The van der Waals surface area contributed by atoms with Crippen LogP contribution in [-0.4, -0.2) is 38.6 Å². The van der Waals surface area contributed by atoms with Gasteiger partial charge in [0.05, 0.1) is 21.8 Å². The molecule has 0 amide bonds. The summed E-state index contributed by atoms with van der Waals surface area (Å²) in [4.78, 5) is 19.0. The number of rotatable bonds is 3. The van der Waals surface area contributed by atoms with Gasteiger partial charge in [-0.25, -0.2) is 9.97 Å². The normalized spacial score (nSPS) is 18.5. The Hall–Kier alpha value is -3.47. The number of fused-ring (bicyclic) bond motifs is 1. The van der Waals surface area contributed by atoms with Gasteiger partial charge in [0.25, 0.3) is 0 Å². The number of nitrogens with zero attached hydrogens (tertiary/aromatic N) is 5. The summed E-state index contributed by atoms with van der Waals surface area (Å²) < 4.78 is 0. The molecular formula is C23H20ClN7. The number of aromatic nitrogens is 4. The van der Waals surface area contributed by atoms with E-state index in [1.165, 1.54) is 0 Å². The number of H-pyrrole nitrogens is 1. The van der Waals surface area contributed by atoms with E-state index in [4.69, 9.17) is 22.3 Å². The van der Waals surface area contributed by atoms with Gasteiger partial charge in [-0.3, -0.25) is 4.98 Å². The predicted molar refractivity (Wildman–Crippen MR) is 122 cm³/mol. The van der Waals surface area contributed by atoms with Gasteiger partial charge in [-0.1, -0.05) is 17.7 Å². The molecule has 1 fully saturated rings. The number of pyridine rings is 2. The number of nitriles is 1. The molecule has 5 rings (SSSR count). The van der Waals surface area contributed by atoms with E-state index in [1.807, 2.05) is 36.7 Å². The van der Waals surface area contributed by atoms with Crippen molar-refractivity contribution < 1.29 is 0 Å². The third-order valence-corrected chi connectivity index (χ3v) is 5.95. The summed E-state index contributed by atoms with van der Waals surface area (Å²) in [6.45, 7) is 3.58. The van der Waals surface area contributed by atoms with E-state index in [1.54, 1.807) is 12.3 Å². The van der Waals surface area contributed by atoms with Crippen LogP contribution in [0.15, 0.2) is 48.9 Å². The Kier molecular flexibility index (Phi) is 4.62. The number of para-hydroxylation sites is 1. The molecule has 1 saturated heterocycles. The fourth-order valence-electron chi connectivity index (χ4n) is 4.14. The Morgan fingerprint density at radius 1 is 1.26 bits per heavy atom. The number of nitrogens with two attached hydrogens (primary N) is 1. The number of nitrogens with one attached hydrogen (secondary N) is 1. The van der Waals surface area contributed by atoms with Gasteiger partial charge < -0.3 is 15.6 Å². The Labute approximate surface area is 184 Å². The third-order valence-electron chi connectivity index (χ3n) is 5.64. The number of aromatic amines is 1. The summed E-state index contributed by atoms with van der Waals surface area (Å²) in [6, 6.07) is 11.4. The van der Waals surface area contributed by atoms with Crippen molar-refractivity contribution in [1.82, 2.24) is 19.9 Å². The van der Waals surface area contributed by atoms with Gasteiger partial charge in [-0.2, -0.15) is 5.26 Å². The minimum absolute atomic E-state index is 0.287. The van der Waals surface area contributed by atoms with Crippen molar-refractivity contribution in [3.8, 4) is 28.6 Å². The van der Waals surface area contributed by atoms with Gasteiger partial charge in [0.1, 0.15) is 23.1 Å². The summed E-state index contributed by atoms with van der Waals surface area (Å²) in [5.41, 5.74) is 11.7. The average Bonchev–Trinajstić information content (AvgIpc) is 3.37. The van der Waals surface area contributed by atoms with Crippen molar-refractivity contribution in [2.45, 2.75) is 18.9 Å². The Morgan fingerprint density at radius 3 is 2.84 bits per heavy atom.